The van der Waals surface area contributed by atoms with Gasteiger partial charge in [0.05, 0.1) is 6.04 Å². The van der Waals surface area contributed by atoms with Crippen molar-refractivity contribution in [1.29, 1.82) is 0 Å². The first-order chi connectivity index (χ1) is 6.24. The number of nitrogens with two attached hydrogens (primary N) is 1. The van der Waals surface area contributed by atoms with Gasteiger partial charge in [-0.3, -0.25) is 4.79 Å². The fourth-order valence-corrected chi connectivity index (χ4v) is 1.09. The summed E-state index contributed by atoms with van der Waals surface area (Å²) in [6.45, 7) is 0. The van der Waals surface area contributed by atoms with Crippen LogP contribution in [0.25, 0.3) is 0 Å². The van der Waals surface area contributed by atoms with E-state index in [1.807, 2.05) is 30.3 Å². The fraction of sp³-hybridized carbons (Fsp3) is 0.200. The van der Waals surface area contributed by atoms with Gasteiger partial charge in [-0.05, 0) is 12.0 Å². The number of benzene rings is 1. The van der Waals surface area contributed by atoms with E-state index in [2.05, 4.69) is 12.4 Å². The SMILES string of the molecule is [CH2]NC(=O)C(N)Cc1ccccc1. The minimum Gasteiger partial charge on any atom is -0.353 e. The van der Waals surface area contributed by atoms with Crippen molar-refractivity contribution in [3.63, 3.8) is 0 Å². The molecule has 0 fully saturated rings. The third-order valence-corrected chi connectivity index (χ3v) is 1.81. The summed E-state index contributed by atoms with van der Waals surface area (Å²) in [4.78, 5) is 11.0. The number of rotatable bonds is 3. The van der Waals surface area contributed by atoms with Crippen molar-refractivity contribution < 1.29 is 4.79 Å². The summed E-state index contributed by atoms with van der Waals surface area (Å²) in [5, 5.41) is 2.27. The summed E-state index contributed by atoms with van der Waals surface area (Å²) in [6.07, 6.45) is 0.544. The molecular weight excluding hydrogens is 164 g/mol. The summed E-state index contributed by atoms with van der Waals surface area (Å²) in [5.41, 5.74) is 6.66. The number of nitrogens with one attached hydrogen (secondary N) is 1. The maximum absolute atomic E-state index is 11.0. The zero-order valence-electron chi connectivity index (χ0n) is 7.36. The van der Waals surface area contributed by atoms with Gasteiger partial charge in [0.1, 0.15) is 0 Å². The van der Waals surface area contributed by atoms with Crippen LogP contribution >= 0.6 is 0 Å². The van der Waals surface area contributed by atoms with Crippen LogP contribution < -0.4 is 11.1 Å². The Morgan fingerprint density at radius 1 is 1.46 bits per heavy atom. The molecule has 0 aliphatic heterocycles. The molecule has 1 amide bonds. The van der Waals surface area contributed by atoms with Gasteiger partial charge in [-0.2, -0.15) is 0 Å². The van der Waals surface area contributed by atoms with Crippen molar-refractivity contribution >= 4 is 5.91 Å². The first kappa shape index (κ1) is 9.74. The van der Waals surface area contributed by atoms with E-state index < -0.39 is 6.04 Å². The topological polar surface area (TPSA) is 55.1 Å². The molecule has 1 radical (unpaired) electrons. The molecule has 0 aromatic heterocycles. The van der Waals surface area contributed by atoms with E-state index in [4.69, 9.17) is 5.73 Å². The molecule has 1 rings (SSSR count). The van der Waals surface area contributed by atoms with E-state index >= 15 is 0 Å². The Bertz CT molecular complexity index is 272. The summed E-state index contributed by atoms with van der Waals surface area (Å²) in [6, 6.07) is 9.14. The first-order valence-corrected chi connectivity index (χ1v) is 4.10. The van der Waals surface area contributed by atoms with Gasteiger partial charge in [0.15, 0.2) is 0 Å². The Hall–Kier alpha value is -1.35. The summed E-state index contributed by atoms with van der Waals surface area (Å²) < 4.78 is 0. The monoisotopic (exact) mass is 177 g/mol. The standard InChI is InChI=1S/C10H13N2O/c1-12-10(13)9(11)7-8-5-3-2-4-6-8/h2-6,9H,1,7,11H2,(H,12,13). The van der Waals surface area contributed by atoms with Crippen LogP contribution in [0.3, 0.4) is 0 Å². The Morgan fingerprint density at radius 3 is 2.62 bits per heavy atom. The van der Waals surface area contributed by atoms with E-state index in [9.17, 15) is 4.79 Å². The van der Waals surface area contributed by atoms with E-state index in [1.54, 1.807) is 0 Å². The highest BCUT2D eigenvalue weighted by atomic mass is 16.2. The van der Waals surface area contributed by atoms with Crippen molar-refractivity contribution in [2.45, 2.75) is 12.5 Å². The van der Waals surface area contributed by atoms with Crippen molar-refractivity contribution in [3.05, 3.63) is 42.9 Å². The van der Waals surface area contributed by atoms with Crippen molar-refractivity contribution in [2.24, 2.45) is 5.73 Å². The summed E-state index contributed by atoms with van der Waals surface area (Å²) >= 11 is 0. The third-order valence-electron chi connectivity index (χ3n) is 1.81. The second kappa shape index (κ2) is 4.62. The average Bonchev–Trinajstić information content (AvgIpc) is 2.18. The summed E-state index contributed by atoms with van der Waals surface area (Å²) in [7, 11) is 3.27. The second-order valence-corrected chi connectivity index (χ2v) is 2.84. The minimum atomic E-state index is -0.514. The summed E-state index contributed by atoms with van der Waals surface area (Å²) in [5.74, 6) is -0.233. The number of carbonyl (C=O) groups is 1. The Balaban J connectivity index is 2.55. The van der Waals surface area contributed by atoms with Crippen molar-refractivity contribution in [3.8, 4) is 0 Å². The zero-order valence-corrected chi connectivity index (χ0v) is 7.36. The molecule has 69 valence electrons. The van der Waals surface area contributed by atoms with Gasteiger partial charge in [-0.1, -0.05) is 30.3 Å². The number of hydrogen-bond acceptors (Lipinski definition) is 2. The molecule has 0 spiro atoms. The first-order valence-electron chi connectivity index (χ1n) is 4.10. The van der Waals surface area contributed by atoms with E-state index in [0.29, 0.717) is 6.42 Å². The molecule has 0 saturated carbocycles. The highest BCUT2D eigenvalue weighted by Crippen LogP contribution is 2.01. The molecule has 1 aromatic rings. The Morgan fingerprint density at radius 2 is 2.08 bits per heavy atom. The van der Waals surface area contributed by atoms with Crippen LogP contribution in [0, 0.1) is 7.05 Å². The molecule has 0 aliphatic rings. The van der Waals surface area contributed by atoms with Gasteiger partial charge in [0.25, 0.3) is 0 Å². The maximum Gasteiger partial charge on any atom is 0.237 e. The van der Waals surface area contributed by atoms with Gasteiger partial charge in [-0.15, -0.1) is 0 Å². The molecule has 0 saturated heterocycles. The highest BCUT2D eigenvalue weighted by Gasteiger charge is 2.11. The van der Waals surface area contributed by atoms with Gasteiger partial charge < -0.3 is 11.1 Å². The molecule has 1 atom stereocenters. The lowest BCUT2D eigenvalue weighted by molar-refractivity contribution is -0.121. The lowest BCUT2D eigenvalue weighted by Crippen LogP contribution is -2.39. The fourth-order valence-electron chi connectivity index (χ4n) is 1.09. The molecule has 0 aliphatic carbocycles. The van der Waals surface area contributed by atoms with Crippen LogP contribution in [0.15, 0.2) is 30.3 Å². The lowest BCUT2D eigenvalue weighted by Gasteiger charge is -2.09. The third kappa shape index (κ3) is 2.87. The van der Waals surface area contributed by atoms with Crippen LogP contribution in [-0.4, -0.2) is 11.9 Å². The van der Waals surface area contributed by atoms with E-state index in [1.165, 1.54) is 0 Å². The highest BCUT2D eigenvalue weighted by molar-refractivity contribution is 5.81. The second-order valence-electron chi connectivity index (χ2n) is 2.84. The maximum atomic E-state index is 11.0. The predicted molar refractivity (Wildman–Crippen MR) is 51.6 cm³/mol. The number of amides is 1. The van der Waals surface area contributed by atoms with Crippen molar-refractivity contribution in [2.75, 3.05) is 0 Å². The lowest BCUT2D eigenvalue weighted by atomic mass is 10.1. The van der Waals surface area contributed by atoms with Gasteiger partial charge in [-0.25, -0.2) is 0 Å². The number of hydrogen-bond donors (Lipinski definition) is 2. The molecule has 0 bridgehead atoms. The molecule has 3 N–H and O–H groups in total. The van der Waals surface area contributed by atoms with Gasteiger partial charge >= 0.3 is 0 Å². The Labute approximate surface area is 77.9 Å². The van der Waals surface area contributed by atoms with Crippen LogP contribution in [-0.2, 0) is 11.2 Å². The number of carbonyl (C=O) groups excluding carboxylic acids is 1. The van der Waals surface area contributed by atoms with Crippen molar-refractivity contribution in [1.82, 2.24) is 5.32 Å². The average molecular weight is 177 g/mol. The van der Waals surface area contributed by atoms with Crippen LogP contribution in [0.2, 0.25) is 0 Å². The molecule has 1 aromatic carbocycles. The molecular formula is C10H13N2O. The van der Waals surface area contributed by atoms with E-state index in [-0.39, 0.29) is 5.91 Å². The molecule has 1 unspecified atom stereocenters. The molecule has 3 heteroatoms. The zero-order chi connectivity index (χ0) is 9.68. The largest absolute Gasteiger partial charge is 0.353 e. The molecule has 13 heavy (non-hydrogen) atoms. The van der Waals surface area contributed by atoms with Crippen LogP contribution in [0.1, 0.15) is 5.56 Å². The van der Waals surface area contributed by atoms with Crippen LogP contribution in [0.4, 0.5) is 0 Å². The quantitative estimate of drug-likeness (QED) is 0.705. The Kier molecular flexibility index (Phi) is 3.46. The van der Waals surface area contributed by atoms with Gasteiger partial charge in [0, 0.05) is 7.05 Å². The molecule has 0 heterocycles. The predicted octanol–water partition coefficient (Wildman–Crippen LogP) is 0.464. The minimum absolute atomic E-state index is 0.233. The smallest absolute Gasteiger partial charge is 0.237 e. The van der Waals surface area contributed by atoms with E-state index in [0.717, 1.165) is 5.56 Å². The molecule has 3 nitrogen and oxygen atoms in total. The normalized spacial score (nSPS) is 12.2. The van der Waals surface area contributed by atoms with Gasteiger partial charge in [0.2, 0.25) is 5.91 Å². The van der Waals surface area contributed by atoms with Crippen LogP contribution in [0.5, 0.6) is 0 Å².